The summed E-state index contributed by atoms with van der Waals surface area (Å²) in [6.07, 6.45) is 2.15. The number of Topliss-reactive ketones (excluding diaryl/α,β-unsaturated/α-hetero) is 1. The highest BCUT2D eigenvalue weighted by molar-refractivity contribution is 6.34. The second-order valence-electron chi connectivity index (χ2n) is 5.92. The minimum absolute atomic E-state index is 0.165. The number of carbonyl (C=O) groups excluding carboxylic acids is 1. The molecule has 1 aliphatic carbocycles. The normalized spacial score (nSPS) is 14.6. The third-order valence-corrected chi connectivity index (χ3v) is 4.33. The molecule has 0 spiro atoms. The van der Waals surface area contributed by atoms with Crippen molar-refractivity contribution in [2.45, 2.75) is 33.1 Å². The number of halogens is 1. The van der Waals surface area contributed by atoms with Gasteiger partial charge in [0.2, 0.25) is 0 Å². The Hall–Kier alpha value is -2.21. The van der Waals surface area contributed by atoms with Gasteiger partial charge in [0.15, 0.2) is 17.2 Å². The third-order valence-electron chi connectivity index (χ3n) is 3.94. The minimum atomic E-state index is 0.165. The van der Waals surface area contributed by atoms with E-state index in [9.17, 15) is 4.79 Å². The van der Waals surface area contributed by atoms with Crippen molar-refractivity contribution in [2.75, 3.05) is 0 Å². The molecule has 23 heavy (non-hydrogen) atoms. The second-order valence-corrected chi connectivity index (χ2v) is 6.30. The lowest BCUT2D eigenvalue weighted by Crippen LogP contribution is -2.10. The topological polar surface area (TPSA) is 73.3 Å². The first-order valence-electron chi connectivity index (χ1n) is 7.54. The van der Waals surface area contributed by atoms with Crippen molar-refractivity contribution >= 4 is 23.0 Å². The summed E-state index contributed by atoms with van der Waals surface area (Å²) < 4.78 is 7.24. The molecule has 118 valence electrons. The number of hydrogen-bond acceptors (Lipinski definition) is 5. The van der Waals surface area contributed by atoms with Crippen LogP contribution < -0.4 is 0 Å². The van der Waals surface area contributed by atoms with Gasteiger partial charge in [-0.15, -0.1) is 5.10 Å². The number of fused-ring (bicyclic) bond motifs is 1. The number of ketones is 1. The minimum Gasteiger partial charge on any atom is -0.458 e. The van der Waals surface area contributed by atoms with Crippen LogP contribution >= 0.6 is 11.6 Å². The number of rotatable bonds is 4. The Morgan fingerprint density at radius 3 is 2.78 bits per heavy atom. The first-order valence-corrected chi connectivity index (χ1v) is 7.92. The van der Waals surface area contributed by atoms with Crippen molar-refractivity contribution < 1.29 is 9.21 Å². The molecule has 4 rings (SSSR count). The molecule has 0 saturated heterocycles. The van der Waals surface area contributed by atoms with Crippen molar-refractivity contribution in [3.63, 3.8) is 0 Å². The lowest BCUT2D eigenvalue weighted by Gasteiger charge is -2.07. The molecule has 0 N–H and O–H groups in total. The van der Waals surface area contributed by atoms with Crippen molar-refractivity contribution in [3.05, 3.63) is 34.4 Å². The molecular weight excluding hydrogens is 316 g/mol. The molecule has 0 amide bonds. The van der Waals surface area contributed by atoms with E-state index >= 15 is 0 Å². The summed E-state index contributed by atoms with van der Waals surface area (Å²) in [4.78, 5) is 21.1. The zero-order chi connectivity index (χ0) is 16.1. The van der Waals surface area contributed by atoms with Crippen LogP contribution in [0.1, 0.15) is 30.1 Å². The van der Waals surface area contributed by atoms with Crippen LogP contribution in [0.25, 0.3) is 17.2 Å². The van der Waals surface area contributed by atoms with Crippen LogP contribution in [0, 0.1) is 19.8 Å². The molecule has 0 atom stereocenters. The molecular formula is C16H15ClN4O2. The lowest BCUT2D eigenvalue weighted by molar-refractivity contribution is -0.119. The van der Waals surface area contributed by atoms with Gasteiger partial charge in [-0.2, -0.15) is 4.52 Å². The van der Waals surface area contributed by atoms with Crippen LogP contribution in [0.4, 0.5) is 0 Å². The summed E-state index contributed by atoms with van der Waals surface area (Å²) in [7, 11) is 0. The largest absolute Gasteiger partial charge is 0.458 e. The zero-order valence-electron chi connectivity index (χ0n) is 12.8. The Kier molecular flexibility index (Phi) is 3.23. The fraction of sp³-hybridized carbons (Fsp3) is 0.375. The molecule has 0 bridgehead atoms. The van der Waals surface area contributed by atoms with E-state index in [1.807, 2.05) is 19.1 Å². The second kappa shape index (κ2) is 5.16. The summed E-state index contributed by atoms with van der Waals surface area (Å²) in [6, 6.07) is 3.69. The van der Waals surface area contributed by atoms with Crippen LogP contribution in [0.15, 0.2) is 16.5 Å². The van der Waals surface area contributed by atoms with Crippen LogP contribution in [0.5, 0.6) is 0 Å². The number of carbonyl (C=O) groups is 1. The van der Waals surface area contributed by atoms with E-state index in [1.165, 1.54) is 0 Å². The fourth-order valence-corrected chi connectivity index (χ4v) is 2.84. The molecule has 3 aromatic heterocycles. The standard InChI is InChI=1S/C16H15ClN4O2/c1-8-3-6-13(23-8)15-19-11(7-12(22)10-4-5-10)14(17)16-18-9(2)20-21(15)16/h3,6,10H,4-5,7H2,1-2H3. The first-order chi connectivity index (χ1) is 11.0. The van der Waals surface area contributed by atoms with Gasteiger partial charge >= 0.3 is 0 Å². The Balaban J connectivity index is 1.89. The van der Waals surface area contributed by atoms with Gasteiger partial charge in [-0.05, 0) is 38.8 Å². The molecule has 1 saturated carbocycles. The van der Waals surface area contributed by atoms with Crippen LogP contribution in [0.2, 0.25) is 5.02 Å². The molecule has 6 nitrogen and oxygen atoms in total. The summed E-state index contributed by atoms with van der Waals surface area (Å²) >= 11 is 6.42. The lowest BCUT2D eigenvalue weighted by atomic mass is 10.1. The molecule has 3 aromatic rings. The van der Waals surface area contributed by atoms with E-state index in [-0.39, 0.29) is 18.1 Å². The smallest absolute Gasteiger partial charge is 0.199 e. The van der Waals surface area contributed by atoms with Gasteiger partial charge in [0.05, 0.1) is 12.1 Å². The molecule has 0 aliphatic heterocycles. The highest BCUT2D eigenvalue weighted by Crippen LogP contribution is 2.33. The Bertz CT molecular complexity index is 924. The van der Waals surface area contributed by atoms with E-state index in [0.29, 0.717) is 33.8 Å². The molecule has 1 fully saturated rings. The maximum atomic E-state index is 12.2. The van der Waals surface area contributed by atoms with Crippen molar-refractivity contribution in [3.8, 4) is 11.6 Å². The number of aromatic nitrogens is 4. The van der Waals surface area contributed by atoms with Gasteiger partial charge in [0, 0.05) is 5.92 Å². The molecule has 0 unspecified atom stereocenters. The maximum absolute atomic E-state index is 12.2. The number of furan rings is 1. The summed E-state index contributed by atoms with van der Waals surface area (Å²) in [6.45, 7) is 3.65. The summed E-state index contributed by atoms with van der Waals surface area (Å²) in [5.41, 5.74) is 1.04. The van der Waals surface area contributed by atoms with Gasteiger partial charge in [0.1, 0.15) is 22.4 Å². The maximum Gasteiger partial charge on any atom is 0.199 e. The van der Waals surface area contributed by atoms with Gasteiger partial charge in [-0.3, -0.25) is 4.79 Å². The molecule has 1 aliphatic rings. The van der Waals surface area contributed by atoms with Crippen LogP contribution in [-0.4, -0.2) is 25.4 Å². The van der Waals surface area contributed by atoms with Gasteiger partial charge in [-0.25, -0.2) is 9.97 Å². The van der Waals surface area contributed by atoms with E-state index in [4.69, 9.17) is 16.0 Å². The van der Waals surface area contributed by atoms with Crippen molar-refractivity contribution in [1.82, 2.24) is 19.6 Å². The quantitative estimate of drug-likeness (QED) is 0.734. The summed E-state index contributed by atoms with van der Waals surface area (Å²) in [5, 5.41) is 4.72. The van der Waals surface area contributed by atoms with Gasteiger partial charge < -0.3 is 4.42 Å². The molecule has 0 radical (unpaired) electrons. The zero-order valence-corrected chi connectivity index (χ0v) is 13.6. The predicted octanol–water partition coefficient (Wildman–Crippen LogP) is 3.18. The fourth-order valence-electron chi connectivity index (χ4n) is 2.60. The van der Waals surface area contributed by atoms with Crippen LogP contribution in [0.3, 0.4) is 0 Å². The Morgan fingerprint density at radius 2 is 2.13 bits per heavy atom. The van der Waals surface area contributed by atoms with Gasteiger partial charge in [-0.1, -0.05) is 11.6 Å². The number of aryl methyl sites for hydroxylation is 2. The van der Waals surface area contributed by atoms with Gasteiger partial charge in [0.25, 0.3) is 0 Å². The van der Waals surface area contributed by atoms with E-state index in [2.05, 4.69) is 15.1 Å². The highest BCUT2D eigenvalue weighted by Gasteiger charge is 2.31. The average molecular weight is 331 g/mol. The van der Waals surface area contributed by atoms with Crippen molar-refractivity contribution in [1.29, 1.82) is 0 Å². The van der Waals surface area contributed by atoms with E-state index in [1.54, 1.807) is 11.4 Å². The molecule has 3 heterocycles. The summed E-state index contributed by atoms with van der Waals surface area (Å²) in [5.74, 6) is 2.80. The Morgan fingerprint density at radius 1 is 1.35 bits per heavy atom. The average Bonchev–Trinajstić information content (AvgIpc) is 3.17. The van der Waals surface area contributed by atoms with Crippen LogP contribution in [-0.2, 0) is 11.2 Å². The van der Waals surface area contributed by atoms with E-state index in [0.717, 1.165) is 18.6 Å². The third kappa shape index (κ3) is 2.53. The molecule has 0 aromatic carbocycles. The first kappa shape index (κ1) is 14.4. The van der Waals surface area contributed by atoms with E-state index < -0.39 is 0 Å². The monoisotopic (exact) mass is 330 g/mol. The Labute approximate surface area is 137 Å². The van der Waals surface area contributed by atoms with Crippen molar-refractivity contribution in [2.24, 2.45) is 5.92 Å². The number of hydrogen-bond donors (Lipinski definition) is 0. The molecule has 7 heteroatoms. The number of nitrogens with zero attached hydrogens (tertiary/aromatic N) is 4. The highest BCUT2D eigenvalue weighted by atomic mass is 35.5. The SMILES string of the molecule is Cc1nc2c(Cl)c(CC(=O)C3CC3)nc(-c3ccc(C)o3)n2n1. The predicted molar refractivity (Wildman–Crippen MR) is 84.4 cm³/mol.